The van der Waals surface area contributed by atoms with Crippen LogP contribution in [0.15, 0.2) is 54.6 Å². The van der Waals surface area contributed by atoms with Crippen LogP contribution in [-0.4, -0.2) is 58.2 Å². The van der Waals surface area contributed by atoms with E-state index in [0.29, 0.717) is 45.2 Å². The number of fused-ring (bicyclic) bond motifs is 1. The van der Waals surface area contributed by atoms with E-state index in [9.17, 15) is 18.8 Å². The van der Waals surface area contributed by atoms with E-state index in [2.05, 4.69) is 5.32 Å². The van der Waals surface area contributed by atoms with E-state index in [4.69, 9.17) is 5.73 Å². The molecule has 1 spiro atoms. The molecular formula is C28H33FN4O3. The molecule has 36 heavy (non-hydrogen) atoms. The van der Waals surface area contributed by atoms with Gasteiger partial charge in [0.2, 0.25) is 17.7 Å². The molecule has 2 bridgehead atoms. The highest BCUT2D eigenvalue weighted by Gasteiger charge is 2.72. The van der Waals surface area contributed by atoms with Gasteiger partial charge in [-0.15, -0.1) is 0 Å². The van der Waals surface area contributed by atoms with Crippen LogP contribution in [0.5, 0.6) is 0 Å². The molecule has 0 radical (unpaired) electrons. The summed E-state index contributed by atoms with van der Waals surface area (Å²) in [6, 6.07) is 15.1. The molecule has 3 N–H and O–H groups in total. The van der Waals surface area contributed by atoms with Crippen LogP contribution in [0.2, 0.25) is 0 Å². The Labute approximate surface area is 210 Å². The first-order valence-electron chi connectivity index (χ1n) is 12.8. The van der Waals surface area contributed by atoms with E-state index in [1.54, 1.807) is 17.0 Å². The largest absolute Gasteiger partial charge is 0.354 e. The lowest BCUT2D eigenvalue weighted by atomic mass is 9.75. The summed E-state index contributed by atoms with van der Waals surface area (Å²) in [5.74, 6) is -1.11. The number of hydrogen-bond acceptors (Lipinski definition) is 4. The maximum atomic E-state index is 13.8. The lowest BCUT2D eigenvalue weighted by Crippen LogP contribution is -2.61. The number of nitrogens with two attached hydrogens (primary N) is 1. The minimum Gasteiger partial charge on any atom is -0.354 e. The third kappa shape index (κ3) is 4.17. The van der Waals surface area contributed by atoms with Gasteiger partial charge < -0.3 is 20.9 Å². The van der Waals surface area contributed by atoms with Crippen molar-refractivity contribution in [1.29, 1.82) is 0 Å². The first-order valence-corrected chi connectivity index (χ1v) is 12.8. The van der Waals surface area contributed by atoms with Crippen molar-refractivity contribution in [3.63, 3.8) is 0 Å². The van der Waals surface area contributed by atoms with Crippen molar-refractivity contribution >= 4 is 17.7 Å². The molecule has 5 rings (SSSR count). The molecule has 8 heteroatoms. The third-order valence-corrected chi connectivity index (χ3v) is 8.10. The zero-order valence-corrected chi connectivity index (χ0v) is 20.4. The fourth-order valence-electron chi connectivity index (χ4n) is 6.60. The molecule has 0 aromatic heterocycles. The van der Waals surface area contributed by atoms with Gasteiger partial charge in [-0.25, -0.2) is 4.39 Å². The van der Waals surface area contributed by atoms with E-state index in [1.807, 2.05) is 35.2 Å². The maximum Gasteiger partial charge on any atom is 0.245 e. The number of hydrogen-bond donors (Lipinski definition) is 2. The Morgan fingerprint density at radius 2 is 1.83 bits per heavy atom. The molecule has 3 amide bonds. The second kappa shape index (κ2) is 10.0. The van der Waals surface area contributed by atoms with Gasteiger partial charge in [-0.1, -0.05) is 42.5 Å². The topological polar surface area (TPSA) is 95.7 Å². The number of nitrogens with zero attached hydrogens (tertiary/aromatic N) is 2. The highest BCUT2D eigenvalue weighted by atomic mass is 19.1. The highest BCUT2D eigenvalue weighted by molar-refractivity contribution is 5.97. The van der Waals surface area contributed by atoms with Crippen molar-refractivity contribution in [2.45, 2.75) is 62.7 Å². The SMILES string of the molecule is NCCCC(=O)N1[C@H]2CC[C@]13[C@H](C2)C(=O)N(Cc1ccc(F)cc1)[C@H]3C(=O)NCCc1ccccc1. The Morgan fingerprint density at radius 1 is 1.08 bits per heavy atom. The molecule has 3 aliphatic heterocycles. The van der Waals surface area contributed by atoms with Crippen molar-refractivity contribution < 1.29 is 18.8 Å². The van der Waals surface area contributed by atoms with Gasteiger partial charge in [0.25, 0.3) is 0 Å². The summed E-state index contributed by atoms with van der Waals surface area (Å²) in [6.45, 7) is 1.05. The van der Waals surface area contributed by atoms with Gasteiger partial charge >= 0.3 is 0 Å². The van der Waals surface area contributed by atoms with Gasteiger partial charge in [0.05, 0.1) is 11.5 Å². The van der Waals surface area contributed by atoms with Gasteiger partial charge in [-0.2, -0.15) is 0 Å². The fourth-order valence-corrected chi connectivity index (χ4v) is 6.60. The average Bonchev–Trinajstić information content (AvgIpc) is 3.49. The standard InChI is InChI=1S/C28H33FN4O3/c29-21-10-8-20(9-11-21)18-32-25(26(35)31-16-13-19-5-2-1-3-6-19)28-14-12-22(17-23(28)27(32)36)33(28)24(34)7-4-15-30/h1-3,5-6,8-11,22-23,25H,4,7,12-18,30H2,(H,31,35)/t22-,23+,25-,28+/m0/s1. The maximum absolute atomic E-state index is 13.8. The normalized spacial score (nSPS) is 26.4. The first-order chi connectivity index (χ1) is 17.5. The Balaban J connectivity index is 1.44. The molecule has 0 aliphatic carbocycles. The number of likely N-dealkylation sites (tertiary alicyclic amines) is 1. The van der Waals surface area contributed by atoms with Crippen LogP contribution in [-0.2, 0) is 27.3 Å². The summed E-state index contributed by atoms with van der Waals surface area (Å²) in [7, 11) is 0. The van der Waals surface area contributed by atoms with E-state index in [1.165, 1.54) is 12.1 Å². The molecule has 190 valence electrons. The molecular weight excluding hydrogens is 459 g/mol. The van der Waals surface area contributed by atoms with Crippen LogP contribution in [0.25, 0.3) is 0 Å². The zero-order chi connectivity index (χ0) is 25.3. The van der Waals surface area contributed by atoms with Gasteiger partial charge in [-0.05, 0) is 61.9 Å². The molecule has 4 atom stereocenters. The number of nitrogens with one attached hydrogen (secondary N) is 1. The van der Waals surface area contributed by atoms with Crippen LogP contribution in [0.3, 0.4) is 0 Å². The fraction of sp³-hybridized carbons (Fsp3) is 0.464. The van der Waals surface area contributed by atoms with Crippen molar-refractivity contribution in [1.82, 2.24) is 15.1 Å². The summed E-state index contributed by atoms with van der Waals surface area (Å²) < 4.78 is 13.5. The van der Waals surface area contributed by atoms with Crippen molar-refractivity contribution in [2.75, 3.05) is 13.1 Å². The summed E-state index contributed by atoms with van der Waals surface area (Å²) in [5.41, 5.74) is 6.68. The first kappa shape index (κ1) is 24.4. The van der Waals surface area contributed by atoms with Crippen LogP contribution in [0.1, 0.15) is 43.2 Å². The van der Waals surface area contributed by atoms with Crippen LogP contribution >= 0.6 is 0 Å². The monoisotopic (exact) mass is 492 g/mol. The molecule has 3 aliphatic rings. The predicted molar refractivity (Wildman–Crippen MR) is 133 cm³/mol. The third-order valence-electron chi connectivity index (χ3n) is 8.10. The van der Waals surface area contributed by atoms with Crippen LogP contribution < -0.4 is 11.1 Å². The number of amides is 3. The number of rotatable bonds is 9. The smallest absolute Gasteiger partial charge is 0.245 e. The quantitative estimate of drug-likeness (QED) is 0.562. The van der Waals surface area contributed by atoms with Gasteiger partial charge in [-0.3, -0.25) is 14.4 Å². The van der Waals surface area contributed by atoms with Gasteiger partial charge in [0.1, 0.15) is 11.9 Å². The van der Waals surface area contributed by atoms with Gasteiger partial charge in [0, 0.05) is 25.6 Å². The van der Waals surface area contributed by atoms with Gasteiger partial charge in [0.15, 0.2) is 0 Å². The number of carbonyl (C=O) groups is 3. The number of halogens is 1. The van der Waals surface area contributed by atoms with Crippen molar-refractivity contribution in [3.05, 3.63) is 71.5 Å². The lowest BCUT2D eigenvalue weighted by molar-refractivity contribution is -0.142. The van der Waals surface area contributed by atoms with Crippen LogP contribution in [0.4, 0.5) is 4.39 Å². The number of carbonyl (C=O) groups excluding carboxylic acids is 3. The minimum atomic E-state index is -0.843. The molecule has 0 saturated carbocycles. The molecule has 3 fully saturated rings. The van der Waals surface area contributed by atoms with Crippen molar-refractivity contribution in [3.8, 4) is 0 Å². The summed E-state index contributed by atoms with van der Waals surface area (Å²) in [6.07, 6.45) is 3.56. The average molecular weight is 493 g/mol. The molecule has 2 aromatic rings. The second-order valence-electron chi connectivity index (χ2n) is 10.1. The molecule has 2 aromatic carbocycles. The summed E-state index contributed by atoms with van der Waals surface area (Å²) in [4.78, 5) is 44.4. The zero-order valence-electron chi connectivity index (χ0n) is 20.4. The summed E-state index contributed by atoms with van der Waals surface area (Å²) >= 11 is 0. The molecule has 7 nitrogen and oxygen atoms in total. The number of benzene rings is 2. The lowest BCUT2D eigenvalue weighted by Gasteiger charge is -2.40. The Morgan fingerprint density at radius 3 is 2.56 bits per heavy atom. The Bertz CT molecular complexity index is 1130. The van der Waals surface area contributed by atoms with Crippen LogP contribution in [0, 0.1) is 11.7 Å². The Kier molecular flexibility index (Phi) is 6.79. The highest BCUT2D eigenvalue weighted by Crippen LogP contribution is 2.57. The van der Waals surface area contributed by atoms with Crippen molar-refractivity contribution in [2.24, 2.45) is 11.7 Å². The van der Waals surface area contributed by atoms with E-state index < -0.39 is 17.5 Å². The minimum absolute atomic E-state index is 0.0168. The van der Waals surface area contributed by atoms with E-state index in [0.717, 1.165) is 17.5 Å². The molecule has 0 unspecified atom stereocenters. The second-order valence-corrected chi connectivity index (χ2v) is 10.1. The van der Waals surface area contributed by atoms with E-state index >= 15 is 0 Å². The Hall–Kier alpha value is -3.26. The molecule has 3 heterocycles. The summed E-state index contributed by atoms with van der Waals surface area (Å²) in [5, 5.41) is 3.06. The van der Waals surface area contributed by atoms with E-state index in [-0.39, 0.29) is 36.1 Å². The predicted octanol–water partition coefficient (Wildman–Crippen LogP) is 2.38. The molecule has 3 saturated heterocycles.